The van der Waals surface area contributed by atoms with Gasteiger partial charge in [-0.05, 0) is 26.0 Å². The van der Waals surface area contributed by atoms with Crippen molar-refractivity contribution in [2.75, 3.05) is 6.61 Å². The second-order valence-electron chi connectivity index (χ2n) is 8.08. The van der Waals surface area contributed by atoms with Crippen LogP contribution in [0.15, 0.2) is 33.5 Å². The maximum absolute atomic E-state index is 11.5. The standard InChI is InChI=1S/C20H24O10/c1-20(2,30-19-17(26)16(25)15(24)12(7-21)29-19)18-14(23)9-5-8-3-4-13(22)27-10(8)6-11(9)28-18/h3-6,12,14-19,21,23-26H,7H2,1-2H3. The van der Waals surface area contributed by atoms with Crippen molar-refractivity contribution in [3.8, 4) is 5.75 Å². The third-order valence-corrected chi connectivity index (χ3v) is 5.56. The highest BCUT2D eigenvalue weighted by molar-refractivity contribution is 5.80. The summed E-state index contributed by atoms with van der Waals surface area (Å²) in [6.07, 6.45) is -9.21. The predicted molar refractivity (Wildman–Crippen MR) is 101 cm³/mol. The molecular formula is C20H24O10. The molecule has 2 aliphatic rings. The van der Waals surface area contributed by atoms with Crippen molar-refractivity contribution in [2.45, 2.75) is 62.4 Å². The molecule has 0 radical (unpaired) electrons. The zero-order valence-corrected chi connectivity index (χ0v) is 16.3. The van der Waals surface area contributed by atoms with Crippen LogP contribution in [0.25, 0.3) is 11.0 Å². The lowest BCUT2D eigenvalue weighted by molar-refractivity contribution is -0.332. The van der Waals surface area contributed by atoms with E-state index in [0.717, 1.165) is 0 Å². The smallest absolute Gasteiger partial charge is 0.336 e. The Labute approximate surface area is 170 Å². The fourth-order valence-corrected chi connectivity index (χ4v) is 3.87. The number of fused-ring (bicyclic) bond motifs is 2. The zero-order chi connectivity index (χ0) is 21.8. The first-order valence-corrected chi connectivity index (χ1v) is 9.53. The van der Waals surface area contributed by atoms with Crippen LogP contribution in [0.4, 0.5) is 0 Å². The molecule has 4 rings (SSSR count). The van der Waals surface area contributed by atoms with Gasteiger partial charge < -0.3 is 44.2 Å². The average molecular weight is 424 g/mol. The molecule has 0 bridgehead atoms. The minimum absolute atomic E-state index is 0.307. The fraction of sp³-hybridized carbons (Fsp3) is 0.550. The predicted octanol–water partition coefficient (Wildman–Crippen LogP) is -0.818. The average Bonchev–Trinajstić information content (AvgIpc) is 3.03. The summed E-state index contributed by atoms with van der Waals surface area (Å²) in [6.45, 7) is 2.62. The van der Waals surface area contributed by atoms with Crippen LogP contribution in [0.3, 0.4) is 0 Å². The quantitative estimate of drug-likeness (QED) is 0.393. The largest absolute Gasteiger partial charge is 0.484 e. The maximum Gasteiger partial charge on any atom is 0.336 e. The van der Waals surface area contributed by atoms with Crippen LogP contribution in [0.2, 0.25) is 0 Å². The Kier molecular flexibility index (Phi) is 5.35. The summed E-state index contributed by atoms with van der Waals surface area (Å²) in [5, 5.41) is 50.9. The molecule has 164 valence electrons. The van der Waals surface area contributed by atoms with Crippen molar-refractivity contribution in [3.63, 3.8) is 0 Å². The van der Waals surface area contributed by atoms with Crippen LogP contribution in [0.5, 0.6) is 5.75 Å². The Morgan fingerprint density at radius 1 is 1.07 bits per heavy atom. The number of hydrogen-bond donors (Lipinski definition) is 5. The molecule has 0 aliphatic carbocycles. The summed E-state index contributed by atoms with van der Waals surface area (Å²) in [6, 6.07) is 6.03. The van der Waals surface area contributed by atoms with E-state index < -0.39 is 60.7 Å². The molecule has 2 aromatic rings. The summed E-state index contributed by atoms with van der Waals surface area (Å²) < 4.78 is 22.2. The minimum atomic E-state index is -1.59. The third kappa shape index (κ3) is 3.50. The van der Waals surface area contributed by atoms with Crippen molar-refractivity contribution in [3.05, 3.63) is 40.2 Å². The molecule has 1 fully saturated rings. The van der Waals surface area contributed by atoms with E-state index in [4.69, 9.17) is 18.6 Å². The van der Waals surface area contributed by atoms with E-state index in [0.29, 0.717) is 22.3 Å². The zero-order valence-electron chi connectivity index (χ0n) is 16.3. The van der Waals surface area contributed by atoms with Gasteiger partial charge in [0.15, 0.2) is 12.4 Å². The van der Waals surface area contributed by atoms with Gasteiger partial charge in [0.1, 0.15) is 47.5 Å². The summed E-state index contributed by atoms with van der Waals surface area (Å²) in [5.41, 5.74) is -0.962. The second kappa shape index (κ2) is 7.57. The highest BCUT2D eigenvalue weighted by Gasteiger charge is 2.50. The van der Waals surface area contributed by atoms with Gasteiger partial charge in [-0.2, -0.15) is 0 Å². The monoisotopic (exact) mass is 424 g/mol. The first-order valence-electron chi connectivity index (χ1n) is 9.53. The molecule has 2 aliphatic heterocycles. The lowest BCUT2D eigenvalue weighted by Gasteiger charge is -2.44. The summed E-state index contributed by atoms with van der Waals surface area (Å²) >= 11 is 0. The van der Waals surface area contributed by atoms with Crippen LogP contribution in [0, 0.1) is 0 Å². The molecule has 0 spiro atoms. The summed E-state index contributed by atoms with van der Waals surface area (Å²) in [4.78, 5) is 11.5. The Morgan fingerprint density at radius 3 is 2.50 bits per heavy atom. The van der Waals surface area contributed by atoms with E-state index >= 15 is 0 Å². The van der Waals surface area contributed by atoms with Gasteiger partial charge >= 0.3 is 5.63 Å². The molecule has 10 heteroatoms. The second-order valence-corrected chi connectivity index (χ2v) is 8.08. The van der Waals surface area contributed by atoms with E-state index in [9.17, 15) is 30.3 Å². The van der Waals surface area contributed by atoms with Crippen LogP contribution >= 0.6 is 0 Å². The van der Waals surface area contributed by atoms with Crippen molar-refractivity contribution >= 4 is 11.0 Å². The van der Waals surface area contributed by atoms with Gasteiger partial charge in [0.2, 0.25) is 0 Å². The highest BCUT2D eigenvalue weighted by atomic mass is 16.7. The Hall–Kier alpha value is -2.05. The molecule has 1 saturated heterocycles. The van der Waals surface area contributed by atoms with Gasteiger partial charge in [0.25, 0.3) is 0 Å². The number of benzene rings is 1. The molecule has 7 unspecified atom stereocenters. The van der Waals surface area contributed by atoms with Gasteiger partial charge in [-0.15, -0.1) is 0 Å². The van der Waals surface area contributed by atoms with Gasteiger partial charge in [-0.25, -0.2) is 4.79 Å². The van der Waals surface area contributed by atoms with Crippen LogP contribution in [-0.4, -0.2) is 74.6 Å². The topological polar surface area (TPSA) is 159 Å². The molecule has 1 aromatic carbocycles. The van der Waals surface area contributed by atoms with Gasteiger partial charge in [-0.1, -0.05) is 0 Å². The third-order valence-electron chi connectivity index (χ3n) is 5.56. The molecule has 0 amide bonds. The first-order chi connectivity index (χ1) is 14.1. The molecule has 30 heavy (non-hydrogen) atoms. The van der Waals surface area contributed by atoms with Crippen molar-refractivity contribution in [1.29, 1.82) is 0 Å². The Morgan fingerprint density at radius 2 is 1.80 bits per heavy atom. The van der Waals surface area contributed by atoms with Crippen molar-refractivity contribution in [1.82, 2.24) is 0 Å². The van der Waals surface area contributed by atoms with E-state index in [1.807, 2.05) is 0 Å². The number of ether oxygens (including phenoxy) is 3. The SMILES string of the molecule is CC(C)(OC1OC(CO)C(O)C(O)C1O)C1Oc2cc3oc(=O)ccc3cc2C1O. The number of hydrogen-bond acceptors (Lipinski definition) is 10. The van der Waals surface area contributed by atoms with Crippen molar-refractivity contribution in [2.24, 2.45) is 0 Å². The number of rotatable bonds is 4. The van der Waals surface area contributed by atoms with E-state index in [-0.39, 0.29) is 0 Å². The number of aliphatic hydroxyl groups is 5. The van der Waals surface area contributed by atoms with Crippen molar-refractivity contribution < 1.29 is 44.2 Å². The van der Waals surface area contributed by atoms with Gasteiger partial charge in [-0.3, -0.25) is 0 Å². The van der Waals surface area contributed by atoms with Crippen LogP contribution in [-0.2, 0) is 9.47 Å². The maximum atomic E-state index is 11.5. The molecule has 3 heterocycles. The van der Waals surface area contributed by atoms with Gasteiger partial charge in [0.05, 0.1) is 6.61 Å². The van der Waals surface area contributed by atoms with E-state index in [1.54, 1.807) is 26.0 Å². The molecule has 10 nitrogen and oxygen atoms in total. The molecule has 5 N–H and O–H groups in total. The highest BCUT2D eigenvalue weighted by Crippen LogP contribution is 2.44. The molecule has 1 aromatic heterocycles. The lowest BCUT2D eigenvalue weighted by atomic mass is 9.93. The minimum Gasteiger partial charge on any atom is -0.484 e. The van der Waals surface area contributed by atoms with Crippen LogP contribution in [0.1, 0.15) is 25.5 Å². The van der Waals surface area contributed by atoms with E-state index in [2.05, 4.69) is 0 Å². The molecule has 0 saturated carbocycles. The summed E-state index contributed by atoms with van der Waals surface area (Å²) in [7, 11) is 0. The Bertz CT molecular complexity index is 983. The first kappa shape index (κ1) is 21.2. The van der Waals surface area contributed by atoms with Gasteiger partial charge in [0, 0.05) is 23.1 Å². The summed E-state index contributed by atoms with van der Waals surface area (Å²) in [5.74, 6) is 0.319. The normalized spacial score (nSPS) is 34.0. The van der Waals surface area contributed by atoms with Crippen LogP contribution < -0.4 is 10.4 Å². The lowest BCUT2D eigenvalue weighted by Crippen LogP contribution is -2.61. The molecule has 7 atom stereocenters. The Balaban J connectivity index is 1.58. The van der Waals surface area contributed by atoms with E-state index in [1.165, 1.54) is 12.1 Å². The molecular weight excluding hydrogens is 400 g/mol. The number of aliphatic hydroxyl groups excluding tert-OH is 5. The fourth-order valence-electron chi connectivity index (χ4n) is 3.87.